The first-order valence-electron chi connectivity index (χ1n) is 9.89. The van der Waals surface area contributed by atoms with Gasteiger partial charge in [0.05, 0.1) is 22.2 Å². The number of halogens is 1. The summed E-state index contributed by atoms with van der Waals surface area (Å²) in [4.78, 5) is 19.6. The normalized spacial score (nSPS) is 14.1. The summed E-state index contributed by atoms with van der Waals surface area (Å²) >= 11 is 1.46. The molecule has 1 aromatic heterocycles. The maximum absolute atomic E-state index is 13.4. The number of hydrogen-bond acceptors (Lipinski definition) is 4. The highest BCUT2D eigenvalue weighted by molar-refractivity contribution is 7.22. The quantitative estimate of drug-likeness (QED) is 0.508. The van der Waals surface area contributed by atoms with E-state index in [1.807, 2.05) is 60.7 Å². The number of amides is 1. The molecule has 4 aromatic rings. The zero-order valence-electron chi connectivity index (χ0n) is 16.2. The van der Waals surface area contributed by atoms with E-state index in [0.717, 1.165) is 26.5 Å². The van der Waals surface area contributed by atoms with E-state index in [2.05, 4.69) is 15.2 Å². The molecule has 0 unspecified atom stereocenters. The molecule has 30 heavy (non-hydrogen) atoms. The van der Waals surface area contributed by atoms with Crippen molar-refractivity contribution in [3.8, 4) is 0 Å². The van der Waals surface area contributed by atoms with Crippen molar-refractivity contribution in [1.82, 2.24) is 10.3 Å². The topological polar surface area (TPSA) is 45.2 Å². The largest absolute Gasteiger partial charge is 0.346 e. The third-order valence-electron chi connectivity index (χ3n) is 5.41. The highest BCUT2D eigenvalue weighted by Gasteiger charge is 2.35. The van der Waals surface area contributed by atoms with Crippen LogP contribution in [0.5, 0.6) is 0 Å². The monoisotopic (exact) mass is 417 g/mol. The van der Waals surface area contributed by atoms with Crippen LogP contribution in [0.25, 0.3) is 10.2 Å². The van der Waals surface area contributed by atoms with Crippen molar-refractivity contribution in [3.63, 3.8) is 0 Å². The molecule has 6 heteroatoms. The van der Waals surface area contributed by atoms with E-state index < -0.39 is 0 Å². The molecule has 1 amide bonds. The standard InChI is InChI=1S/C24H20FN3OS/c25-19-11-12-20-21(13-19)30-24(26-20)28-14-18(15-28)23(29)27-22(16-7-3-1-4-8-16)17-9-5-2-6-10-17/h1-13,18,22H,14-15H2,(H,27,29). The minimum atomic E-state index is -0.258. The number of thiazole rings is 1. The van der Waals surface area contributed by atoms with Crippen molar-refractivity contribution in [3.05, 3.63) is 95.8 Å². The van der Waals surface area contributed by atoms with Crippen LogP contribution in [0, 0.1) is 11.7 Å². The third-order valence-corrected chi connectivity index (χ3v) is 6.49. The Hall–Kier alpha value is -3.25. The van der Waals surface area contributed by atoms with Crippen molar-refractivity contribution >= 4 is 32.6 Å². The molecule has 0 spiro atoms. The van der Waals surface area contributed by atoms with Gasteiger partial charge in [0.2, 0.25) is 5.91 Å². The first-order chi connectivity index (χ1) is 14.7. The number of benzene rings is 3. The molecule has 4 nitrogen and oxygen atoms in total. The molecule has 5 rings (SSSR count). The van der Waals surface area contributed by atoms with Crippen molar-refractivity contribution in [2.24, 2.45) is 5.92 Å². The number of fused-ring (bicyclic) bond motifs is 1. The van der Waals surface area contributed by atoms with Gasteiger partial charge in [-0.3, -0.25) is 4.79 Å². The molecule has 3 aromatic carbocycles. The number of carbonyl (C=O) groups excluding carboxylic acids is 1. The summed E-state index contributed by atoms with van der Waals surface area (Å²) in [7, 11) is 0. The zero-order chi connectivity index (χ0) is 20.5. The fraction of sp³-hybridized carbons (Fsp3) is 0.167. The number of hydrogen-bond donors (Lipinski definition) is 1. The molecular weight excluding hydrogens is 397 g/mol. The third kappa shape index (κ3) is 3.66. The molecule has 150 valence electrons. The number of nitrogens with one attached hydrogen (secondary N) is 1. The first-order valence-corrected chi connectivity index (χ1v) is 10.7. The Balaban J connectivity index is 1.29. The van der Waals surface area contributed by atoms with Gasteiger partial charge < -0.3 is 10.2 Å². The van der Waals surface area contributed by atoms with Crippen LogP contribution in [0.3, 0.4) is 0 Å². The van der Waals surface area contributed by atoms with Gasteiger partial charge in [0.25, 0.3) is 0 Å². The van der Waals surface area contributed by atoms with E-state index in [1.54, 1.807) is 6.07 Å². The molecule has 0 bridgehead atoms. The van der Waals surface area contributed by atoms with Gasteiger partial charge in [-0.25, -0.2) is 9.37 Å². The van der Waals surface area contributed by atoms with Crippen LogP contribution in [0.2, 0.25) is 0 Å². The lowest BCUT2D eigenvalue weighted by molar-refractivity contribution is -0.126. The van der Waals surface area contributed by atoms with Gasteiger partial charge in [0.15, 0.2) is 5.13 Å². The SMILES string of the molecule is O=C(NC(c1ccccc1)c1ccccc1)C1CN(c2nc3ccc(F)cc3s2)C1. The maximum atomic E-state index is 13.4. The molecule has 0 saturated carbocycles. The molecule has 0 radical (unpaired) electrons. The lowest BCUT2D eigenvalue weighted by Gasteiger charge is -2.38. The summed E-state index contributed by atoms with van der Waals surface area (Å²) in [5, 5.41) is 4.06. The Morgan fingerprint density at radius 3 is 2.27 bits per heavy atom. The molecule has 0 atom stereocenters. The number of carbonyl (C=O) groups is 1. The molecule has 1 aliphatic rings. The molecule has 1 N–H and O–H groups in total. The zero-order valence-corrected chi connectivity index (χ0v) is 17.0. The Morgan fingerprint density at radius 1 is 1.00 bits per heavy atom. The van der Waals surface area contributed by atoms with E-state index in [-0.39, 0.29) is 23.7 Å². The van der Waals surface area contributed by atoms with E-state index >= 15 is 0 Å². The number of rotatable bonds is 5. The summed E-state index contributed by atoms with van der Waals surface area (Å²) in [5.74, 6) is -0.314. The van der Waals surface area contributed by atoms with E-state index in [9.17, 15) is 9.18 Å². The minimum absolute atomic E-state index is 0.0381. The smallest absolute Gasteiger partial charge is 0.227 e. The van der Waals surface area contributed by atoms with Gasteiger partial charge in [-0.2, -0.15) is 0 Å². The summed E-state index contributed by atoms with van der Waals surface area (Å²) in [5.41, 5.74) is 2.90. The second-order valence-corrected chi connectivity index (χ2v) is 8.48. The van der Waals surface area contributed by atoms with Crippen molar-refractivity contribution in [1.29, 1.82) is 0 Å². The molecule has 2 heterocycles. The number of nitrogens with zero attached hydrogens (tertiary/aromatic N) is 2. The van der Waals surface area contributed by atoms with E-state index in [4.69, 9.17) is 0 Å². The predicted molar refractivity (Wildman–Crippen MR) is 118 cm³/mol. The molecule has 1 aliphatic heterocycles. The number of anilines is 1. The predicted octanol–water partition coefficient (Wildman–Crippen LogP) is 4.78. The Labute approximate surface area is 178 Å². The van der Waals surface area contributed by atoms with Crippen LogP contribution in [-0.2, 0) is 4.79 Å². The van der Waals surface area contributed by atoms with Gasteiger partial charge in [-0.1, -0.05) is 72.0 Å². The second-order valence-electron chi connectivity index (χ2n) is 7.47. The summed E-state index contributed by atoms with van der Waals surface area (Å²) in [6.45, 7) is 1.23. The fourth-order valence-corrected chi connectivity index (χ4v) is 4.74. The maximum Gasteiger partial charge on any atom is 0.227 e. The van der Waals surface area contributed by atoms with E-state index in [0.29, 0.717) is 13.1 Å². The summed E-state index contributed by atoms with van der Waals surface area (Å²) < 4.78 is 14.2. The van der Waals surface area contributed by atoms with Crippen molar-refractivity contribution in [2.45, 2.75) is 6.04 Å². The highest BCUT2D eigenvalue weighted by Crippen LogP contribution is 2.33. The van der Waals surface area contributed by atoms with Gasteiger partial charge >= 0.3 is 0 Å². The minimum Gasteiger partial charge on any atom is -0.346 e. The average molecular weight is 418 g/mol. The second kappa shape index (κ2) is 7.88. The van der Waals surface area contributed by atoms with Gasteiger partial charge in [-0.15, -0.1) is 0 Å². The van der Waals surface area contributed by atoms with Crippen LogP contribution in [0.1, 0.15) is 17.2 Å². The molecule has 1 saturated heterocycles. The van der Waals surface area contributed by atoms with Gasteiger partial charge in [0, 0.05) is 13.1 Å². The Morgan fingerprint density at radius 2 is 1.63 bits per heavy atom. The number of aromatic nitrogens is 1. The van der Waals surface area contributed by atoms with Crippen LogP contribution >= 0.6 is 11.3 Å². The molecular formula is C24H20FN3OS. The van der Waals surface area contributed by atoms with Gasteiger partial charge in [-0.05, 0) is 29.3 Å². The van der Waals surface area contributed by atoms with Crippen LogP contribution in [-0.4, -0.2) is 24.0 Å². The molecule has 1 fully saturated rings. The Kier molecular flexibility index (Phi) is 4.93. The lowest BCUT2D eigenvalue weighted by atomic mass is 9.95. The Bertz CT molecular complexity index is 1130. The van der Waals surface area contributed by atoms with E-state index in [1.165, 1.54) is 23.5 Å². The van der Waals surface area contributed by atoms with Crippen LogP contribution < -0.4 is 10.2 Å². The summed E-state index contributed by atoms with van der Waals surface area (Å²) in [6, 6.07) is 24.5. The fourth-order valence-electron chi connectivity index (χ4n) is 3.73. The van der Waals surface area contributed by atoms with Crippen molar-refractivity contribution in [2.75, 3.05) is 18.0 Å². The van der Waals surface area contributed by atoms with Crippen molar-refractivity contribution < 1.29 is 9.18 Å². The lowest BCUT2D eigenvalue weighted by Crippen LogP contribution is -2.54. The average Bonchev–Trinajstić information content (AvgIpc) is 3.14. The van der Waals surface area contributed by atoms with Gasteiger partial charge in [0.1, 0.15) is 5.82 Å². The first kappa shape index (κ1) is 18.8. The summed E-state index contributed by atoms with van der Waals surface area (Å²) in [6.07, 6.45) is 0. The highest BCUT2D eigenvalue weighted by atomic mass is 32.1. The van der Waals surface area contributed by atoms with Crippen LogP contribution in [0.15, 0.2) is 78.9 Å². The van der Waals surface area contributed by atoms with Crippen LogP contribution in [0.4, 0.5) is 9.52 Å². The molecule has 0 aliphatic carbocycles.